The molecule has 0 unspecified atom stereocenters. The van der Waals surface area contributed by atoms with Crippen molar-refractivity contribution in [2.75, 3.05) is 10.7 Å². The molecule has 1 aromatic heterocycles. The molecule has 0 spiro atoms. The molecule has 0 aliphatic heterocycles. The fourth-order valence-electron chi connectivity index (χ4n) is 0.472. The van der Waals surface area contributed by atoms with Gasteiger partial charge in [-0.05, 0) is 18.0 Å². The summed E-state index contributed by atoms with van der Waals surface area (Å²) in [5, 5.41) is 9.00. The van der Waals surface area contributed by atoms with Crippen molar-refractivity contribution in [2.45, 2.75) is 0 Å². The van der Waals surface area contributed by atoms with Crippen LogP contribution in [0.15, 0.2) is 18.5 Å². The number of nitrogens with zero attached hydrogens (tertiary/aromatic N) is 3. The van der Waals surface area contributed by atoms with E-state index in [-0.39, 0.29) is 0 Å². The molecule has 0 aliphatic rings. The lowest BCUT2D eigenvalue weighted by atomic mass is 10.7. The number of aromatic nitrogens is 2. The van der Waals surface area contributed by atoms with Crippen molar-refractivity contribution >= 4 is 17.9 Å². The van der Waals surface area contributed by atoms with Gasteiger partial charge >= 0.3 is 0 Å². The summed E-state index contributed by atoms with van der Waals surface area (Å²) in [5.74, 6) is 0.301. The van der Waals surface area contributed by atoms with E-state index < -0.39 is 0 Å². The highest BCUT2D eigenvalue weighted by Crippen LogP contribution is 2.09. The van der Waals surface area contributed by atoms with Gasteiger partial charge in [-0.3, -0.25) is 5.21 Å². The number of hydrogen-bond donors (Lipinski definition) is 1. The smallest absolute Gasteiger partial charge is 0.260 e. The van der Waals surface area contributed by atoms with E-state index in [2.05, 4.69) is 9.97 Å². The topological polar surface area (TPSA) is 49.2 Å². The van der Waals surface area contributed by atoms with Gasteiger partial charge in [0.1, 0.15) is 0 Å². The summed E-state index contributed by atoms with van der Waals surface area (Å²) in [6, 6.07) is 1.69. The second-order valence-electron chi connectivity index (χ2n) is 1.50. The first-order valence-electron chi connectivity index (χ1n) is 2.64. The molecule has 0 fully saturated rings. The van der Waals surface area contributed by atoms with Gasteiger partial charge in [-0.15, -0.1) is 0 Å². The Balaban J connectivity index is 2.75. The first-order valence-corrected chi connectivity index (χ1v) is 3.83. The van der Waals surface area contributed by atoms with E-state index in [1.165, 1.54) is 0 Å². The highest BCUT2D eigenvalue weighted by Gasteiger charge is 2.00. The normalized spacial score (nSPS) is 9.40. The summed E-state index contributed by atoms with van der Waals surface area (Å²) in [4.78, 5) is 7.59. The summed E-state index contributed by atoms with van der Waals surface area (Å²) < 4.78 is 0.903. The van der Waals surface area contributed by atoms with Crippen LogP contribution in [0.3, 0.4) is 0 Å². The zero-order chi connectivity index (χ0) is 7.40. The van der Waals surface area contributed by atoms with E-state index in [9.17, 15) is 0 Å². The average Bonchev–Trinajstić information content (AvgIpc) is 2.05. The molecule has 1 heterocycles. The summed E-state index contributed by atoms with van der Waals surface area (Å²) in [7, 11) is 0. The van der Waals surface area contributed by atoms with Gasteiger partial charge in [0.15, 0.2) is 0 Å². The van der Waals surface area contributed by atoms with Crippen LogP contribution in [-0.2, 0) is 0 Å². The molecule has 0 aromatic carbocycles. The average molecular weight is 157 g/mol. The molecule has 1 rings (SSSR count). The van der Waals surface area contributed by atoms with E-state index in [0.29, 0.717) is 5.95 Å². The molecule has 10 heavy (non-hydrogen) atoms. The second kappa shape index (κ2) is 3.38. The molecular formula is C5H7N3OS. The Bertz CT molecular complexity index is 193. The third kappa shape index (κ3) is 1.58. The van der Waals surface area contributed by atoms with Gasteiger partial charge in [0.25, 0.3) is 5.95 Å². The number of rotatable bonds is 2. The van der Waals surface area contributed by atoms with Gasteiger partial charge in [0.05, 0.1) is 0 Å². The monoisotopic (exact) mass is 157 g/mol. The molecule has 0 atom stereocenters. The third-order valence-electron chi connectivity index (χ3n) is 0.896. The van der Waals surface area contributed by atoms with Crippen LogP contribution in [0.1, 0.15) is 0 Å². The molecule has 0 saturated heterocycles. The standard InChI is InChI=1S/C5H7N3OS/c1-10-8(9)5-6-3-2-4-7-5/h2-4,9H,1H3. The van der Waals surface area contributed by atoms with Crippen LogP contribution < -0.4 is 4.47 Å². The van der Waals surface area contributed by atoms with Crippen LogP contribution in [-0.4, -0.2) is 21.4 Å². The molecule has 5 heteroatoms. The Labute approximate surface area is 63.0 Å². The minimum atomic E-state index is 0.301. The van der Waals surface area contributed by atoms with E-state index in [0.717, 1.165) is 16.4 Å². The molecule has 0 aliphatic carbocycles. The predicted molar refractivity (Wildman–Crippen MR) is 39.8 cm³/mol. The third-order valence-corrected chi connectivity index (χ3v) is 1.41. The van der Waals surface area contributed by atoms with Crippen molar-refractivity contribution < 1.29 is 5.21 Å². The molecule has 0 radical (unpaired) electrons. The van der Waals surface area contributed by atoms with Crippen LogP contribution in [0.2, 0.25) is 0 Å². The van der Waals surface area contributed by atoms with Gasteiger partial charge in [-0.1, -0.05) is 0 Å². The molecule has 0 amide bonds. The highest BCUT2D eigenvalue weighted by molar-refractivity contribution is 7.99. The van der Waals surface area contributed by atoms with E-state index >= 15 is 0 Å². The van der Waals surface area contributed by atoms with Gasteiger partial charge in [-0.25, -0.2) is 9.97 Å². The van der Waals surface area contributed by atoms with Gasteiger partial charge in [-0.2, -0.15) is 4.47 Å². The van der Waals surface area contributed by atoms with Crippen LogP contribution in [0.5, 0.6) is 0 Å². The lowest BCUT2D eigenvalue weighted by molar-refractivity contribution is 0.325. The van der Waals surface area contributed by atoms with Crippen molar-refractivity contribution in [1.82, 2.24) is 9.97 Å². The SMILES string of the molecule is CSN(O)c1ncccn1. The fourth-order valence-corrected chi connectivity index (χ4v) is 0.729. The minimum absolute atomic E-state index is 0.301. The quantitative estimate of drug-likeness (QED) is 0.511. The lowest BCUT2D eigenvalue weighted by Crippen LogP contribution is -2.09. The Morgan fingerprint density at radius 2 is 2.10 bits per heavy atom. The summed E-state index contributed by atoms with van der Waals surface area (Å²) >= 11 is 1.14. The maximum Gasteiger partial charge on any atom is 0.260 e. The zero-order valence-electron chi connectivity index (χ0n) is 5.43. The van der Waals surface area contributed by atoms with Crippen molar-refractivity contribution in [1.29, 1.82) is 0 Å². The van der Waals surface area contributed by atoms with Gasteiger partial charge in [0.2, 0.25) is 0 Å². The molecule has 0 bridgehead atoms. The maximum absolute atomic E-state index is 9.00. The molecule has 1 N–H and O–H groups in total. The first kappa shape index (κ1) is 7.30. The van der Waals surface area contributed by atoms with Crippen molar-refractivity contribution in [3.63, 3.8) is 0 Å². The Kier molecular flexibility index (Phi) is 2.47. The van der Waals surface area contributed by atoms with Crippen LogP contribution >= 0.6 is 11.9 Å². The fraction of sp³-hybridized carbons (Fsp3) is 0.200. The molecule has 0 saturated carbocycles. The molecule has 1 aromatic rings. The Hall–Kier alpha value is -0.810. The largest absolute Gasteiger partial charge is 0.275 e. The van der Waals surface area contributed by atoms with Crippen molar-refractivity contribution in [3.05, 3.63) is 18.5 Å². The Morgan fingerprint density at radius 3 is 2.60 bits per heavy atom. The molecule has 4 nitrogen and oxygen atoms in total. The predicted octanol–water partition coefficient (Wildman–Crippen LogP) is 0.950. The zero-order valence-corrected chi connectivity index (χ0v) is 6.25. The van der Waals surface area contributed by atoms with Crippen molar-refractivity contribution in [2.24, 2.45) is 0 Å². The molecule has 54 valence electrons. The molecular weight excluding hydrogens is 150 g/mol. The lowest BCUT2D eigenvalue weighted by Gasteiger charge is -2.07. The summed E-state index contributed by atoms with van der Waals surface area (Å²) in [5.41, 5.74) is 0. The van der Waals surface area contributed by atoms with Crippen LogP contribution in [0, 0.1) is 0 Å². The van der Waals surface area contributed by atoms with Crippen molar-refractivity contribution in [3.8, 4) is 0 Å². The van der Waals surface area contributed by atoms with E-state index in [1.807, 2.05) is 0 Å². The highest BCUT2D eigenvalue weighted by atomic mass is 32.2. The van der Waals surface area contributed by atoms with E-state index in [1.54, 1.807) is 24.7 Å². The summed E-state index contributed by atoms with van der Waals surface area (Å²) in [6.45, 7) is 0. The first-order chi connectivity index (χ1) is 4.84. The Morgan fingerprint density at radius 1 is 1.50 bits per heavy atom. The summed E-state index contributed by atoms with van der Waals surface area (Å²) in [6.07, 6.45) is 4.87. The maximum atomic E-state index is 9.00. The number of anilines is 1. The van der Waals surface area contributed by atoms with Crippen LogP contribution in [0.25, 0.3) is 0 Å². The van der Waals surface area contributed by atoms with E-state index in [4.69, 9.17) is 5.21 Å². The van der Waals surface area contributed by atoms with Gasteiger partial charge in [0, 0.05) is 18.6 Å². The van der Waals surface area contributed by atoms with Crippen LogP contribution in [0.4, 0.5) is 5.95 Å². The minimum Gasteiger partial charge on any atom is -0.275 e. The van der Waals surface area contributed by atoms with Gasteiger partial charge < -0.3 is 0 Å². The second-order valence-corrected chi connectivity index (χ2v) is 2.22. The number of hydrogen-bond acceptors (Lipinski definition) is 5.